The molecule has 0 bridgehead atoms. The molecule has 33 heavy (non-hydrogen) atoms. The van der Waals surface area contributed by atoms with Crippen LogP contribution >= 0.6 is 27.5 Å². The van der Waals surface area contributed by atoms with Crippen LogP contribution in [-0.2, 0) is 19.1 Å². The fraction of sp³-hybridized carbons (Fsp3) is 0.0833. The van der Waals surface area contributed by atoms with Crippen LogP contribution in [0.4, 0.5) is 5.69 Å². The van der Waals surface area contributed by atoms with Gasteiger partial charge < -0.3 is 9.47 Å². The molecule has 4 rings (SSSR count). The lowest BCUT2D eigenvalue weighted by Gasteiger charge is -2.16. The highest BCUT2D eigenvalue weighted by Crippen LogP contribution is 2.34. The highest BCUT2D eigenvalue weighted by Gasteiger charge is 2.54. The second-order valence-electron chi connectivity index (χ2n) is 6.99. The van der Waals surface area contributed by atoms with Crippen molar-refractivity contribution in [3.8, 4) is 0 Å². The van der Waals surface area contributed by atoms with Crippen molar-refractivity contribution in [2.24, 2.45) is 0 Å². The third-order valence-corrected chi connectivity index (χ3v) is 5.64. The van der Waals surface area contributed by atoms with Crippen molar-refractivity contribution in [3.63, 3.8) is 0 Å². The minimum Gasteiger partial charge on any atom is -0.444 e. The number of anilines is 1. The molecule has 0 N–H and O–H groups in total. The Hall–Kier alpha value is -3.49. The van der Waals surface area contributed by atoms with Gasteiger partial charge in [-0.15, -0.1) is 0 Å². The predicted molar refractivity (Wildman–Crippen MR) is 123 cm³/mol. The van der Waals surface area contributed by atoms with E-state index in [0.29, 0.717) is 4.47 Å². The van der Waals surface area contributed by atoms with Crippen molar-refractivity contribution >= 4 is 57.0 Å². The topological polar surface area (TPSA) is 90.0 Å². The van der Waals surface area contributed by atoms with Crippen LogP contribution in [0.1, 0.15) is 20.7 Å². The lowest BCUT2D eigenvalue weighted by molar-refractivity contribution is -0.130. The van der Waals surface area contributed by atoms with Crippen LogP contribution in [0.5, 0.6) is 0 Å². The Labute approximate surface area is 202 Å². The summed E-state index contributed by atoms with van der Waals surface area (Å²) in [6.45, 7) is 0. The van der Waals surface area contributed by atoms with Gasteiger partial charge in [0, 0.05) is 4.47 Å². The molecule has 3 aromatic carbocycles. The number of hydrogen-bond donors (Lipinski definition) is 0. The first-order valence-corrected chi connectivity index (χ1v) is 10.9. The summed E-state index contributed by atoms with van der Waals surface area (Å²) in [6, 6.07) is 20.5. The summed E-state index contributed by atoms with van der Waals surface area (Å²) >= 11 is 9.51. The molecule has 0 spiro atoms. The van der Waals surface area contributed by atoms with Crippen molar-refractivity contribution in [2.45, 2.75) is 12.2 Å². The van der Waals surface area contributed by atoms with E-state index in [0.717, 1.165) is 4.90 Å². The zero-order valence-electron chi connectivity index (χ0n) is 16.8. The summed E-state index contributed by atoms with van der Waals surface area (Å²) in [7, 11) is 0. The SMILES string of the molecule is O=C(O[C@@H]1C(=O)N(c2ccc(Br)cc2Cl)C(=O)[C@H]1OC(=O)c1ccccc1)c1ccccc1. The summed E-state index contributed by atoms with van der Waals surface area (Å²) in [6.07, 6.45) is -3.37. The molecule has 166 valence electrons. The number of rotatable bonds is 5. The molecular formula is C24H15BrClNO6. The summed E-state index contributed by atoms with van der Waals surface area (Å²) < 4.78 is 11.4. The average Bonchev–Trinajstić information content (AvgIpc) is 3.04. The molecule has 0 saturated carbocycles. The van der Waals surface area contributed by atoms with E-state index in [1.165, 1.54) is 36.4 Å². The molecule has 3 aromatic rings. The number of carbonyl (C=O) groups excluding carboxylic acids is 4. The van der Waals surface area contributed by atoms with E-state index in [1.807, 2.05) is 0 Å². The number of nitrogens with zero attached hydrogens (tertiary/aromatic N) is 1. The highest BCUT2D eigenvalue weighted by molar-refractivity contribution is 9.10. The van der Waals surface area contributed by atoms with E-state index in [9.17, 15) is 19.2 Å². The van der Waals surface area contributed by atoms with E-state index < -0.39 is 36.0 Å². The van der Waals surface area contributed by atoms with E-state index in [4.69, 9.17) is 21.1 Å². The molecule has 9 heteroatoms. The Balaban J connectivity index is 1.68. The molecule has 0 aromatic heterocycles. The number of hydrogen-bond acceptors (Lipinski definition) is 6. The largest absolute Gasteiger partial charge is 0.444 e. The minimum atomic E-state index is -1.68. The van der Waals surface area contributed by atoms with E-state index in [1.54, 1.807) is 42.5 Å². The smallest absolute Gasteiger partial charge is 0.339 e. The van der Waals surface area contributed by atoms with Crippen molar-refractivity contribution in [2.75, 3.05) is 4.90 Å². The molecule has 1 fully saturated rings. The second kappa shape index (κ2) is 9.56. The molecule has 1 heterocycles. The lowest BCUT2D eigenvalue weighted by atomic mass is 10.2. The number of amides is 2. The van der Waals surface area contributed by atoms with Gasteiger partial charge in [0.1, 0.15) is 0 Å². The molecule has 1 saturated heterocycles. The van der Waals surface area contributed by atoms with Crippen LogP contribution < -0.4 is 4.90 Å². The molecule has 0 radical (unpaired) electrons. The number of esters is 2. The van der Waals surface area contributed by atoms with Crippen molar-refractivity contribution in [3.05, 3.63) is 99.5 Å². The first kappa shape index (κ1) is 22.7. The van der Waals surface area contributed by atoms with Crippen LogP contribution in [0.3, 0.4) is 0 Å². The molecule has 2 amide bonds. The highest BCUT2D eigenvalue weighted by atomic mass is 79.9. The third kappa shape index (κ3) is 4.67. The van der Waals surface area contributed by atoms with E-state index in [2.05, 4.69) is 15.9 Å². The van der Waals surface area contributed by atoms with Crippen molar-refractivity contribution < 1.29 is 28.7 Å². The van der Waals surface area contributed by atoms with Crippen LogP contribution in [0.2, 0.25) is 5.02 Å². The Morgan fingerprint density at radius 3 is 1.64 bits per heavy atom. The Morgan fingerprint density at radius 1 is 0.758 bits per heavy atom. The first-order chi connectivity index (χ1) is 15.9. The maximum absolute atomic E-state index is 13.2. The number of ether oxygens (including phenoxy) is 2. The van der Waals surface area contributed by atoms with Gasteiger partial charge in [0.25, 0.3) is 11.8 Å². The van der Waals surface area contributed by atoms with Crippen molar-refractivity contribution in [1.29, 1.82) is 0 Å². The van der Waals surface area contributed by atoms with Gasteiger partial charge in [-0.3, -0.25) is 9.59 Å². The molecule has 0 unspecified atom stereocenters. The average molecular weight is 529 g/mol. The molecule has 2 atom stereocenters. The number of imide groups is 1. The van der Waals surface area contributed by atoms with Gasteiger partial charge in [-0.05, 0) is 42.5 Å². The number of carbonyl (C=O) groups is 4. The first-order valence-electron chi connectivity index (χ1n) is 9.72. The third-order valence-electron chi connectivity index (χ3n) is 4.84. The Kier molecular flexibility index (Phi) is 6.57. The van der Waals surface area contributed by atoms with Gasteiger partial charge in [0.2, 0.25) is 12.2 Å². The standard InChI is InChI=1S/C24H15BrClNO6/c25-16-11-12-18(17(26)13-16)27-21(28)19(32-23(30)14-7-3-1-4-8-14)20(22(27)29)33-24(31)15-9-5-2-6-10-15/h1-13,19-20H/t19-,20-/m0/s1. The van der Waals surface area contributed by atoms with Crippen LogP contribution in [0.25, 0.3) is 0 Å². The maximum atomic E-state index is 13.2. The Morgan fingerprint density at radius 2 is 1.21 bits per heavy atom. The summed E-state index contributed by atoms with van der Waals surface area (Å²) in [5, 5.41) is 0.106. The van der Waals surface area contributed by atoms with Crippen LogP contribution in [0, 0.1) is 0 Å². The lowest BCUT2D eigenvalue weighted by Crippen LogP contribution is -2.37. The number of halogens is 2. The molecular weight excluding hydrogens is 514 g/mol. The normalized spacial score (nSPS) is 17.7. The van der Waals surface area contributed by atoms with E-state index in [-0.39, 0.29) is 21.8 Å². The fourth-order valence-electron chi connectivity index (χ4n) is 3.26. The summed E-state index contributed by atoms with van der Waals surface area (Å²) in [5.41, 5.74) is 0.422. The maximum Gasteiger partial charge on any atom is 0.339 e. The quantitative estimate of drug-likeness (QED) is 0.360. The predicted octanol–water partition coefficient (Wildman–Crippen LogP) is 4.43. The second-order valence-corrected chi connectivity index (χ2v) is 8.31. The fourth-order valence-corrected chi connectivity index (χ4v) is 4.02. The van der Waals surface area contributed by atoms with Crippen LogP contribution in [0.15, 0.2) is 83.3 Å². The Bertz CT molecular complexity index is 1160. The van der Waals surface area contributed by atoms with Crippen molar-refractivity contribution in [1.82, 2.24) is 0 Å². The van der Waals surface area contributed by atoms with E-state index >= 15 is 0 Å². The van der Waals surface area contributed by atoms with Gasteiger partial charge >= 0.3 is 11.9 Å². The zero-order valence-corrected chi connectivity index (χ0v) is 19.2. The summed E-state index contributed by atoms with van der Waals surface area (Å²) in [4.78, 5) is 52.5. The van der Waals surface area contributed by atoms with Gasteiger partial charge in [-0.25, -0.2) is 14.5 Å². The zero-order chi connectivity index (χ0) is 23.5. The van der Waals surface area contributed by atoms with Gasteiger partial charge in [0.05, 0.1) is 21.8 Å². The van der Waals surface area contributed by atoms with Gasteiger partial charge in [-0.1, -0.05) is 63.9 Å². The number of benzene rings is 3. The monoisotopic (exact) mass is 527 g/mol. The van der Waals surface area contributed by atoms with Gasteiger partial charge in [-0.2, -0.15) is 0 Å². The molecule has 7 nitrogen and oxygen atoms in total. The van der Waals surface area contributed by atoms with Gasteiger partial charge in [0.15, 0.2) is 0 Å². The summed E-state index contributed by atoms with van der Waals surface area (Å²) in [5.74, 6) is -3.43. The molecule has 1 aliphatic heterocycles. The molecule has 0 aliphatic carbocycles. The minimum absolute atomic E-state index is 0.0777. The van der Waals surface area contributed by atoms with Crippen LogP contribution in [-0.4, -0.2) is 36.0 Å². The molecule has 1 aliphatic rings.